The second-order valence-electron chi connectivity index (χ2n) is 11.3. The molecule has 1 aliphatic rings. The highest BCUT2D eigenvalue weighted by molar-refractivity contribution is 6.17. The van der Waals surface area contributed by atoms with Gasteiger partial charge in [0, 0.05) is 11.5 Å². The third kappa shape index (κ3) is 6.08. The van der Waals surface area contributed by atoms with Crippen molar-refractivity contribution in [2.24, 2.45) is 23.3 Å². The molecular weight excluding hydrogens is 542 g/mol. The highest BCUT2D eigenvalue weighted by Gasteiger charge is 2.35. The summed E-state index contributed by atoms with van der Waals surface area (Å²) in [5.74, 6) is 0.810. The van der Waals surface area contributed by atoms with Crippen LogP contribution in [0.2, 0.25) is 0 Å². The molecule has 220 valence electrons. The molecule has 6 N–H and O–H groups in total. The zero-order chi connectivity index (χ0) is 29.9. The second-order valence-corrected chi connectivity index (χ2v) is 11.3. The summed E-state index contributed by atoms with van der Waals surface area (Å²) in [7, 11) is 0. The standard InChI is InChI=1S/C32H35N9O2/c1-19-35-28-15-12-25(17-29(28)36-19)22-6-2-20(3-7-22)16-27(34)32(43)41(31(42)24-8-4-21(18-33)5-9-24)26-13-10-23(11-14-26)30-37-39-40-38-30/h2-3,6-7,10-15,17,21,24,27H,4-5,8-9,16,18,33-34H2,1H3,(H,35,36)(H,37,38,39,40)/t21?,24?,27-/m0/s1. The van der Waals surface area contributed by atoms with Gasteiger partial charge in [-0.1, -0.05) is 30.3 Å². The van der Waals surface area contributed by atoms with Crippen LogP contribution in [0.3, 0.4) is 0 Å². The summed E-state index contributed by atoms with van der Waals surface area (Å²) < 4.78 is 0. The second kappa shape index (κ2) is 12.2. The molecule has 0 bridgehead atoms. The topological polar surface area (TPSA) is 173 Å². The average molecular weight is 578 g/mol. The van der Waals surface area contributed by atoms with Gasteiger partial charge in [-0.2, -0.15) is 5.21 Å². The number of aryl methyl sites for hydroxylation is 1. The monoisotopic (exact) mass is 577 g/mol. The molecule has 0 radical (unpaired) electrons. The van der Waals surface area contributed by atoms with Crippen LogP contribution in [0, 0.1) is 18.8 Å². The lowest BCUT2D eigenvalue weighted by Crippen LogP contribution is -2.50. The quantitative estimate of drug-likeness (QED) is 0.215. The molecule has 5 aromatic rings. The number of benzene rings is 3. The first-order chi connectivity index (χ1) is 20.9. The maximum absolute atomic E-state index is 13.9. The van der Waals surface area contributed by atoms with E-state index in [1.807, 2.05) is 43.3 Å². The number of amides is 2. The number of tetrazole rings is 1. The molecule has 0 aliphatic heterocycles. The van der Waals surface area contributed by atoms with E-state index in [-0.39, 0.29) is 11.8 Å². The van der Waals surface area contributed by atoms with E-state index in [1.165, 1.54) is 4.90 Å². The van der Waals surface area contributed by atoms with Crippen molar-refractivity contribution in [3.05, 3.63) is 78.1 Å². The van der Waals surface area contributed by atoms with Crippen LogP contribution < -0.4 is 16.4 Å². The lowest BCUT2D eigenvalue weighted by atomic mass is 9.81. The number of nitrogens with two attached hydrogens (primary N) is 2. The molecule has 2 aromatic heterocycles. The van der Waals surface area contributed by atoms with Crippen molar-refractivity contribution >= 4 is 28.5 Å². The van der Waals surface area contributed by atoms with Crippen molar-refractivity contribution in [3.8, 4) is 22.5 Å². The van der Waals surface area contributed by atoms with Crippen LogP contribution in [0.5, 0.6) is 0 Å². The summed E-state index contributed by atoms with van der Waals surface area (Å²) in [6.45, 7) is 2.55. The first-order valence-corrected chi connectivity index (χ1v) is 14.6. The van der Waals surface area contributed by atoms with Crippen LogP contribution in [-0.4, -0.2) is 55.0 Å². The van der Waals surface area contributed by atoms with Crippen LogP contribution in [0.4, 0.5) is 5.69 Å². The van der Waals surface area contributed by atoms with E-state index < -0.39 is 11.9 Å². The Morgan fingerprint density at radius 2 is 1.65 bits per heavy atom. The fourth-order valence-electron chi connectivity index (χ4n) is 5.89. The summed E-state index contributed by atoms with van der Waals surface area (Å²) >= 11 is 0. The van der Waals surface area contributed by atoms with Gasteiger partial charge in [-0.05, 0) is 110 Å². The summed E-state index contributed by atoms with van der Waals surface area (Å²) in [6, 6.07) is 20.2. The zero-order valence-corrected chi connectivity index (χ0v) is 24.0. The maximum Gasteiger partial charge on any atom is 0.251 e. The van der Waals surface area contributed by atoms with Crippen LogP contribution >= 0.6 is 0 Å². The number of nitrogens with zero attached hydrogens (tertiary/aromatic N) is 5. The van der Waals surface area contributed by atoms with Gasteiger partial charge < -0.3 is 16.5 Å². The maximum atomic E-state index is 13.9. The Labute approximate surface area is 249 Å². The van der Waals surface area contributed by atoms with Crippen molar-refractivity contribution in [2.45, 2.75) is 45.1 Å². The van der Waals surface area contributed by atoms with E-state index in [0.29, 0.717) is 48.8 Å². The number of aromatic amines is 2. The fraction of sp³-hybridized carbons (Fsp3) is 0.312. The Balaban J connectivity index is 1.21. The third-order valence-corrected chi connectivity index (χ3v) is 8.36. The van der Waals surface area contributed by atoms with E-state index in [9.17, 15) is 9.59 Å². The van der Waals surface area contributed by atoms with Gasteiger partial charge in [0.05, 0.1) is 22.8 Å². The number of H-pyrrole nitrogens is 2. The normalized spacial score (nSPS) is 17.6. The molecule has 0 saturated heterocycles. The lowest BCUT2D eigenvalue weighted by Gasteiger charge is -2.32. The highest BCUT2D eigenvalue weighted by Crippen LogP contribution is 2.32. The Morgan fingerprint density at radius 3 is 2.33 bits per heavy atom. The molecule has 1 atom stereocenters. The number of fused-ring (bicyclic) bond motifs is 1. The van der Waals surface area contributed by atoms with E-state index in [4.69, 9.17) is 11.5 Å². The van der Waals surface area contributed by atoms with Crippen molar-refractivity contribution in [1.82, 2.24) is 30.6 Å². The van der Waals surface area contributed by atoms with E-state index in [2.05, 4.69) is 36.7 Å². The zero-order valence-electron chi connectivity index (χ0n) is 24.0. The highest BCUT2D eigenvalue weighted by atomic mass is 16.2. The van der Waals surface area contributed by atoms with Crippen LogP contribution in [0.25, 0.3) is 33.5 Å². The number of carbonyl (C=O) groups is 2. The molecule has 0 unspecified atom stereocenters. The molecule has 11 nitrogen and oxygen atoms in total. The van der Waals surface area contributed by atoms with Gasteiger partial charge in [0.25, 0.3) is 5.91 Å². The van der Waals surface area contributed by atoms with E-state index in [1.54, 1.807) is 24.3 Å². The minimum Gasteiger partial charge on any atom is -0.342 e. The molecule has 11 heteroatoms. The van der Waals surface area contributed by atoms with Gasteiger partial charge >= 0.3 is 0 Å². The molecular formula is C32H35N9O2. The largest absolute Gasteiger partial charge is 0.342 e. The number of imidazole rings is 1. The molecule has 2 heterocycles. The molecule has 1 fully saturated rings. The predicted molar refractivity (Wildman–Crippen MR) is 165 cm³/mol. The van der Waals surface area contributed by atoms with Crippen molar-refractivity contribution in [1.29, 1.82) is 0 Å². The van der Waals surface area contributed by atoms with Crippen LogP contribution in [0.1, 0.15) is 37.1 Å². The number of hydrogen-bond acceptors (Lipinski definition) is 8. The predicted octanol–water partition coefficient (Wildman–Crippen LogP) is 3.91. The van der Waals surface area contributed by atoms with Crippen LogP contribution in [0.15, 0.2) is 66.7 Å². The number of carbonyl (C=O) groups excluding carboxylic acids is 2. The first-order valence-electron chi connectivity index (χ1n) is 14.6. The SMILES string of the molecule is Cc1nc2ccc(-c3ccc(C[C@H](N)C(=O)N(C(=O)C4CCC(CN)CC4)c4ccc(-c5nn[nH]n5)cc4)cc3)cc2[nH]1. The smallest absolute Gasteiger partial charge is 0.251 e. The van der Waals surface area contributed by atoms with Gasteiger partial charge in [-0.15, -0.1) is 10.2 Å². The van der Waals surface area contributed by atoms with Crippen LogP contribution in [-0.2, 0) is 16.0 Å². The number of rotatable bonds is 8. The number of anilines is 1. The molecule has 1 aliphatic carbocycles. The minimum absolute atomic E-state index is 0.219. The molecule has 1 saturated carbocycles. The molecule has 0 spiro atoms. The Kier molecular flexibility index (Phi) is 8.08. The number of hydrogen-bond donors (Lipinski definition) is 4. The summed E-state index contributed by atoms with van der Waals surface area (Å²) in [5, 5.41) is 14.0. The van der Waals surface area contributed by atoms with Gasteiger partial charge in [0.1, 0.15) is 5.82 Å². The fourth-order valence-corrected chi connectivity index (χ4v) is 5.89. The molecule has 43 heavy (non-hydrogen) atoms. The van der Waals surface area contributed by atoms with E-state index in [0.717, 1.165) is 46.4 Å². The molecule has 3 aromatic carbocycles. The minimum atomic E-state index is -0.906. The van der Waals surface area contributed by atoms with Crippen molar-refractivity contribution < 1.29 is 9.59 Å². The number of aromatic nitrogens is 6. The van der Waals surface area contributed by atoms with Crippen molar-refractivity contribution in [3.63, 3.8) is 0 Å². The summed E-state index contributed by atoms with van der Waals surface area (Å²) in [5.41, 5.74) is 18.5. The van der Waals surface area contributed by atoms with Gasteiger partial charge in [0.15, 0.2) is 0 Å². The van der Waals surface area contributed by atoms with Gasteiger partial charge in [-0.25, -0.2) is 9.88 Å². The van der Waals surface area contributed by atoms with Gasteiger partial charge in [0.2, 0.25) is 11.7 Å². The molecule has 2 amide bonds. The van der Waals surface area contributed by atoms with Crippen molar-refractivity contribution in [2.75, 3.05) is 11.4 Å². The molecule has 6 rings (SSSR count). The average Bonchev–Trinajstić information content (AvgIpc) is 3.71. The summed E-state index contributed by atoms with van der Waals surface area (Å²) in [4.78, 5) is 36.8. The Bertz CT molecular complexity index is 1700. The van der Waals surface area contributed by atoms with Gasteiger partial charge in [-0.3, -0.25) is 9.59 Å². The summed E-state index contributed by atoms with van der Waals surface area (Å²) in [6.07, 6.45) is 3.44. The Morgan fingerprint density at radius 1 is 0.953 bits per heavy atom. The lowest BCUT2D eigenvalue weighted by molar-refractivity contribution is -0.130. The first kappa shape index (κ1) is 28.4. The Hall–Kier alpha value is -4.74. The number of imide groups is 1. The number of nitrogens with one attached hydrogen (secondary N) is 2. The van der Waals surface area contributed by atoms with E-state index >= 15 is 0 Å². The third-order valence-electron chi connectivity index (χ3n) is 8.36.